The Morgan fingerprint density at radius 2 is 1.96 bits per heavy atom. The Labute approximate surface area is 167 Å². The molecule has 0 radical (unpaired) electrons. The van der Waals surface area contributed by atoms with Crippen LogP contribution in [0.5, 0.6) is 0 Å². The van der Waals surface area contributed by atoms with Crippen LogP contribution in [0.15, 0.2) is 48.9 Å². The van der Waals surface area contributed by atoms with E-state index in [0.29, 0.717) is 17.7 Å². The summed E-state index contributed by atoms with van der Waals surface area (Å²) in [5.74, 6) is 0.318. The first-order valence-corrected chi connectivity index (χ1v) is 10.4. The molecule has 0 atom stereocenters. The Morgan fingerprint density at radius 1 is 1.14 bits per heavy atom. The van der Waals surface area contributed by atoms with E-state index in [4.69, 9.17) is 0 Å². The number of aromatic nitrogens is 2. The largest absolute Gasteiger partial charge is 0.348 e. The monoisotopic (exact) mass is 378 g/mol. The predicted octanol–water partition coefficient (Wildman–Crippen LogP) is 3.37. The smallest absolute Gasteiger partial charge is 0.222 e. The number of piperidine rings is 2. The number of aromatic amines is 1. The van der Waals surface area contributed by atoms with E-state index < -0.39 is 0 Å². The summed E-state index contributed by atoms with van der Waals surface area (Å²) in [6.07, 6.45) is 13.0. The van der Waals surface area contributed by atoms with Crippen molar-refractivity contribution in [3.63, 3.8) is 0 Å². The standard InChI is InChI=1S/C23H30N4O/c28-22-8-10-23(18-27(22)14-9-21-17-24-19-25-21)11-15-26(16-12-23)13-4-7-20-5-2-1-3-6-20/h1-7,17,19H,8-16,18H2,(H,24,25)/b7-4+. The number of likely N-dealkylation sites (tertiary alicyclic amines) is 2. The van der Waals surface area contributed by atoms with Gasteiger partial charge in [0.1, 0.15) is 0 Å². The van der Waals surface area contributed by atoms with Crippen LogP contribution in [0.1, 0.15) is 36.9 Å². The molecule has 3 heterocycles. The van der Waals surface area contributed by atoms with Crippen LogP contribution >= 0.6 is 0 Å². The molecule has 2 aliphatic rings. The van der Waals surface area contributed by atoms with E-state index in [1.54, 1.807) is 6.33 Å². The summed E-state index contributed by atoms with van der Waals surface area (Å²) in [5.41, 5.74) is 2.68. The lowest BCUT2D eigenvalue weighted by Gasteiger charge is -2.47. The summed E-state index contributed by atoms with van der Waals surface area (Å²) in [6.45, 7) is 4.98. The van der Waals surface area contributed by atoms with Gasteiger partial charge in [0.05, 0.1) is 6.33 Å². The van der Waals surface area contributed by atoms with Crippen LogP contribution in [0.4, 0.5) is 0 Å². The van der Waals surface area contributed by atoms with Crippen molar-refractivity contribution in [1.29, 1.82) is 0 Å². The average molecular weight is 379 g/mol. The molecule has 0 aliphatic carbocycles. The van der Waals surface area contributed by atoms with Crippen LogP contribution in [0, 0.1) is 5.41 Å². The molecule has 1 N–H and O–H groups in total. The highest BCUT2D eigenvalue weighted by atomic mass is 16.2. The number of amides is 1. The Morgan fingerprint density at radius 3 is 2.71 bits per heavy atom. The quantitative estimate of drug-likeness (QED) is 0.838. The fraction of sp³-hybridized carbons (Fsp3) is 0.478. The van der Waals surface area contributed by atoms with Crippen molar-refractivity contribution < 1.29 is 4.79 Å². The highest BCUT2D eigenvalue weighted by molar-refractivity contribution is 5.77. The fourth-order valence-corrected chi connectivity index (χ4v) is 4.50. The Kier molecular flexibility index (Phi) is 5.91. The van der Waals surface area contributed by atoms with Gasteiger partial charge in [-0.3, -0.25) is 9.69 Å². The molecular weight excluding hydrogens is 348 g/mol. The predicted molar refractivity (Wildman–Crippen MR) is 112 cm³/mol. The molecule has 2 aliphatic heterocycles. The van der Waals surface area contributed by atoms with Gasteiger partial charge in [-0.05, 0) is 43.3 Å². The summed E-state index contributed by atoms with van der Waals surface area (Å²) in [6, 6.07) is 10.5. The topological polar surface area (TPSA) is 52.2 Å². The molecule has 1 aromatic heterocycles. The van der Waals surface area contributed by atoms with E-state index in [1.807, 2.05) is 6.20 Å². The molecule has 5 nitrogen and oxygen atoms in total. The van der Waals surface area contributed by atoms with E-state index in [0.717, 1.165) is 51.3 Å². The fourth-order valence-electron chi connectivity index (χ4n) is 4.50. The summed E-state index contributed by atoms with van der Waals surface area (Å²) >= 11 is 0. The molecule has 0 saturated carbocycles. The van der Waals surface area contributed by atoms with Gasteiger partial charge >= 0.3 is 0 Å². The Bertz CT molecular complexity index is 776. The maximum atomic E-state index is 12.4. The molecule has 4 rings (SSSR count). The second-order valence-corrected chi connectivity index (χ2v) is 8.26. The molecule has 5 heteroatoms. The van der Waals surface area contributed by atoms with Gasteiger partial charge in [0.25, 0.3) is 0 Å². The van der Waals surface area contributed by atoms with Crippen LogP contribution in [0.3, 0.4) is 0 Å². The zero-order valence-electron chi connectivity index (χ0n) is 16.5. The van der Waals surface area contributed by atoms with Crippen molar-refractivity contribution in [3.05, 3.63) is 60.2 Å². The Balaban J connectivity index is 1.26. The van der Waals surface area contributed by atoms with Gasteiger partial charge in [0.2, 0.25) is 5.91 Å². The first-order chi connectivity index (χ1) is 13.7. The second kappa shape index (κ2) is 8.74. The lowest BCUT2D eigenvalue weighted by Crippen LogP contribution is -2.51. The summed E-state index contributed by atoms with van der Waals surface area (Å²) in [7, 11) is 0. The lowest BCUT2D eigenvalue weighted by atomic mass is 9.72. The molecule has 2 saturated heterocycles. The minimum atomic E-state index is 0.318. The zero-order chi connectivity index (χ0) is 19.2. The summed E-state index contributed by atoms with van der Waals surface area (Å²) in [5, 5.41) is 0. The third-order valence-corrected chi connectivity index (χ3v) is 6.34. The van der Waals surface area contributed by atoms with Crippen molar-refractivity contribution in [2.45, 2.75) is 32.1 Å². The first-order valence-electron chi connectivity index (χ1n) is 10.4. The number of H-pyrrole nitrogens is 1. The van der Waals surface area contributed by atoms with Gasteiger partial charge in [-0.2, -0.15) is 0 Å². The maximum absolute atomic E-state index is 12.4. The van der Waals surface area contributed by atoms with Gasteiger partial charge in [-0.25, -0.2) is 4.98 Å². The lowest BCUT2D eigenvalue weighted by molar-refractivity contribution is -0.139. The highest BCUT2D eigenvalue weighted by Crippen LogP contribution is 2.40. The SMILES string of the molecule is O=C1CCC2(CCN(C/C=C/c3ccccc3)CC2)CN1CCc1cnc[nH]1. The first kappa shape index (κ1) is 18.9. The van der Waals surface area contributed by atoms with E-state index in [2.05, 4.69) is 62.3 Å². The van der Waals surface area contributed by atoms with Crippen molar-refractivity contribution in [3.8, 4) is 0 Å². The normalized spacial score (nSPS) is 20.3. The van der Waals surface area contributed by atoms with Crippen LogP contribution in [0.25, 0.3) is 6.08 Å². The van der Waals surface area contributed by atoms with Gasteiger partial charge in [0.15, 0.2) is 0 Å². The van der Waals surface area contributed by atoms with Gasteiger partial charge < -0.3 is 9.88 Å². The molecule has 148 valence electrons. The number of nitrogens with one attached hydrogen (secondary N) is 1. The molecule has 1 amide bonds. The summed E-state index contributed by atoms with van der Waals surface area (Å²) < 4.78 is 0. The molecule has 2 fully saturated rings. The molecular formula is C23H30N4O. The highest BCUT2D eigenvalue weighted by Gasteiger charge is 2.40. The van der Waals surface area contributed by atoms with Gasteiger partial charge in [-0.1, -0.05) is 42.5 Å². The minimum absolute atomic E-state index is 0.318. The van der Waals surface area contributed by atoms with E-state index in [1.165, 1.54) is 18.4 Å². The number of carbonyl (C=O) groups excluding carboxylic acids is 1. The van der Waals surface area contributed by atoms with E-state index >= 15 is 0 Å². The maximum Gasteiger partial charge on any atom is 0.222 e. The van der Waals surface area contributed by atoms with Gasteiger partial charge in [0, 0.05) is 44.4 Å². The number of nitrogens with zero attached hydrogens (tertiary/aromatic N) is 3. The molecule has 0 bridgehead atoms. The number of imidazole rings is 1. The molecule has 1 aromatic carbocycles. The molecule has 0 unspecified atom stereocenters. The van der Waals surface area contributed by atoms with Crippen molar-refractivity contribution in [1.82, 2.24) is 19.8 Å². The molecule has 1 spiro atoms. The number of hydrogen-bond acceptors (Lipinski definition) is 3. The van der Waals surface area contributed by atoms with E-state index in [-0.39, 0.29) is 0 Å². The minimum Gasteiger partial charge on any atom is -0.348 e. The van der Waals surface area contributed by atoms with Crippen LogP contribution in [0.2, 0.25) is 0 Å². The number of hydrogen-bond donors (Lipinski definition) is 1. The number of carbonyl (C=O) groups is 1. The third-order valence-electron chi connectivity index (χ3n) is 6.34. The van der Waals surface area contributed by atoms with Crippen LogP contribution in [-0.4, -0.2) is 58.4 Å². The average Bonchev–Trinajstić information content (AvgIpc) is 3.25. The summed E-state index contributed by atoms with van der Waals surface area (Å²) in [4.78, 5) is 24.2. The van der Waals surface area contributed by atoms with Crippen molar-refractivity contribution in [2.24, 2.45) is 5.41 Å². The number of benzene rings is 1. The third kappa shape index (κ3) is 4.71. The number of rotatable bonds is 6. The van der Waals surface area contributed by atoms with Crippen molar-refractivity contribution >= 4 is 12.0 Å². The van der Waals surface area contributed by atoms with Crippen LogP contribution < -0.4 is 0 Å². The second-order valence-electron chi connectivity index (χ2n) is 8.26. The van der Waals surface area contributed by atoms with E-state index in [9.17, 15) is 4.79 Å². The van der Waals surface area contributed by atoms with Crippen molar-refractivity contribution in [2.75, 3.05) is 32.7 Å². The zero-order valence-corrected chi connectivity index (χ0v) is 16.5. The molecule has 28 heavy (non-hydrogen) atoms. The Hall–Kier alpha value is -2.40. The van der Waals surface area contributed by atoms with Gasteiger partial charge in [-0.15, -0.1) is 0 Å². The van der Waals surface area contributed by atoms with Crippen LogP contribution in [-0.2, 0) is 11.2 Å². The molecule has 2 aromatic rings.